The van der Waals surface area contributed by atoms with Crippen molar-refractivity contribution in [1.82, 2.24) is 10.6 Å². The molecular formula is C24H25N3O3. The van der Waals surface area contributed by atoms with Gasteiger partial charge >= 0.3 is 6.03 Å². The van der Waals surface area contributed by atoms with Crippen LogP contribution >= 0.6 is 0 Å². The van der Waals surface area contributed by atoms with Crippen molar-refractivity contribution in [1.29, 1.82) is 0 Å². The molecule has 3 aromatic carbocycles. The lowest BCUT2D eigenvalue weighted by atomic mass is 10.1. The summed E-state index contributed by atoms with van der Waals surface area (Å²) in [5.74, 6) is 0.730. The van der Waals surface area contributed by atoms with Crippen LogP contribution in [0.25, 0.3) is 0 Å². The third-order valence-corrected chi connectivity index (χ3v) is 4.52. The first-order valence-electron chi connectivity index (χ1n) is 9.70. The zero-order valence-electron chi connectivity index (χ0n) is 16.9. The lowest BCUT2D eigenvalue weighted by molar-refractivity contribution is -0.120. The van der Waals surface area contributed by atoms with Crippen LogP contribution in [0.3, 0.4) is 0 Å². The third kappa shape index (κ3) is 6.67. The number of carbonyl (C=O) groups excluding carboxylic acids is 2. The Morgan fingerprint density at radius 2 is 1.33 bits per heavy atom. The second kappa shape index (κ2) is 10.7. The summed E-state index contributed by atoms with van der Waals surface area (Å²) in [6.45, 7) is 0.920. The smallest absolute Gasteiger partial charge is 0.319 e. The van der Waals surface area contributed by atoms with E-state index in [1.54, 1.807) is 19.2 Å². The predicted molar refractivity (Wildman–Crippen MR) is 117 cm³/mol. The van der Waals surface area contributed by atoms with E-state index in [1.807, 2.05) is 66.7 Å². The van der Waals surface area contributed by atoms with Gasteiger partial charge in [-0.05, 0) is 41.0 Å². The van der Waals surface area contributed by atoms with E-state index in [1.165, 1.54) is 0 Å². The number of ether oxygens (including phenoxy) is 1. The van der Waals surface area contributed by atoms with Crippen LogP contribution in [0.4, 0.5) is 10.5 Å². The van der Waals surface area contributed by atoms with Crippen LogP contribution in [0.15, 0.2) is 78.9 Å². The highest BCUT2D eigenvalue weighted by atomic mass is 16.5. The number of benzene rings is 3. The van der Waals surface area contributed by atoms with Crippen molar-refractivity contribution in [2.24, 2.45) is 0 Å². The lowest BCUT2D eigenvalue weighted by Crippen LogP contribution is -2.28. The first kappa shape index (κ1) is 20.9. The van der Waals surface area contributed by atoms with Gasteiger partial charge in [-0.2, -0.15) is 0 Å². The van der Waals surface area contributed by atoms with Gasteiger partial charge < -0.3 is 20.7 Å². The highest BCUT2D eigenvalue weighted by Crippen LogP contribution is 2.12. The summed E-state index contributed by atoms with van der Waals surface area (Å²) < 4.78 is 5.12. The Morgan fingerprint density at radius 3 is 2.00 bits per heavy atom. The number of hydrogen-bond donors (Lipinski definition) is 3. The van der Waals surface area contributed by atoms with Crippen molar-refractivity contribution >= 4 is 17.6 Å². The molecule has 3 N–H and O–H groups in total. The fourth-order valence-electron chi connectivity index (χ4n) is 2.85. The maximum Gasteiger partial charge on any atom is 0.319 e. The molecule has 0 unspecified atom stereocenters. The number of rotatable bonds is 8. The van der Waals surface area contributed by atoms with Crippen molar-refractivity contribution in [3.05, 3.63) is 95.6 Å². The van der Waals surface area contributed by atoms with Crippen LogP contribution in [0.5, 0.6) is 5.75 Å². The zero-order chi connectivity index (χ0) is 21.2. The molecule has 154 valence electrons. The van der Waals surface area contributed by atoms with Gasteiger partial charge in [0.2, 0.25) is 5.91 Å². The van der Waals surface area contributed by atoms with Crippen LogP contribution in [0, 0.1) is 0 Å². The normalized spacial score (nSPS) is 10.2. The summed E-state index contributed by atoms with van der Waals surface area (Å²) in [6.07, 6.45) is 0.288. The average molecular weight is 403 g/mol. The monoisotopic (exact) mass is 403 g/mol. The van der Waals surface area contributed by atoms with Crippen LogP contribution in [0.1, 0.15) is 16.7 Å². The number of methoxy groups -OCH3 is 1. The molecule has 0 aliphatic rings. The fraction of sp³-hybridized carbons (Fsp3) is 0.167. The summed E-state index contributed by atoms with van der Waals surface area (Å²) >= 11 is 0. The van der Waals surface area contributed by atoms with Gasteiger partial charge in [0.15, 0.2) is 0 Å². The van der Waals surface area contributed by atoms with Crippen LogP contribution < -0.4 is 20.7 Å². The number of urea groups is 1. The van der Waals surface area contributed by atoms with Crippen LogP contribution in [0.2, 0.25) is 0 Å². The van der Waals surface area contributed by atoms with Gasteiger partial charge in [0.1, 0.15) is 5.75 Å². The molecule has 0 saturated carbocycles. The topological polar surface area (TPSA) is 79.5 Å². The van der Waals surface area contributed by atoms with E-state index < -0.39 is 0 Å². The quantitative estimate of drug-likeness (QED) is 0.534. The summed E-state index contributed by atoms with van der Waals surface area (Å²) in [5, 5.41) is 8.50. The first-order valence-corrected chi connectivity index (χ1v) is 9.70. The largest absolute Gasteiger partial charge is 0.497 e. The molecule has 0 aromatic heterocycles. The molecule has 0 saturated heterocycles. The predicted octanol–water partition coefficient (Wildman–Crippen LogP) is 3.88. The molecule has 3 aromatic rings. The number of nitrogens with one attached hydrogen (secondary N) is 3. The summed E-state index contributed by atoms with van der Waals surface area (Å²) in [6, 6.07) is 24.2. The molecule has 0 heterocycles. The molecule has 0 aliphatic carbocycles. The Kier molecular flexibility index (Phi) is 7.44. The van der Waals surface area contributed by atoms with Gasteiger partial charge in [-0.1, -0.05) is 54.6 Å². The molecule has 30 heavy (non-hydrogen) atoms. The van der Waals surface area contributed by atoms with Gasteiger partial charge in [0.05, 0.1) is 13.5 Å². The van der Waals surface area contributed by atoms with Crippen molar-refractivity contribution < 1.29 is 14.3 Å². The summed E-state index contributed by atoms with van der Waals surface area (Å²) in [4.78, 5) is 24.2. The van der Waals surface area contributed by atoms with E-state index >= 15 is 0 Å². The zero-order valence-corrected chi connectivity index (χ0v) is 16.9. The maximum atomic E-state index is 12.1. The minimum absolute atomic E-state index is 0.0446. The van der Waals surface area contributed by atoms with Crippen molar-refractivity contribution in [3.63, 3.8) is 0 Å². The molecule has 0 spiro atoms. The number of carbonyl (C=O) groups is 2. The van der Waals surface area contributed by atoms with E-state index in [9.17, 15) is 9.59 Å². The SMILES string of the molecule is COc1ccc(CNC(=O)Nc2ccc(CC(=O)NCc3ccccc3)cc2)cc1. The Labute approximate surface area is 176 Å². The summed E-state index contributed by atoms with van der Waals surface area (Å²) in [5.41, 5.74) is 3.58. The highest BCUT2D eigenvalue weighted by Gasteiger charge is 2.05. The Hall–Kier alpha value is -3.80. The van der Waals surface area contributed by atoms with Crippen molar-refractivity contribution in [3.8, 4) is 5.75 Å². The number of anilines is 1. The van der Waals surface area contributed by atoms with Gasteiger partial charge in [0.25, 0.3) is 0 Å². The Bertz CT molecular complexity index is 955. The molecule has 3 amide bonds. The second-order valence-corrected chi connectivity index (χ2v) is 6.79. The Balaban J connectivity index is 1.41. The second-order valence-electron chi connectivity index (χ2n) is 6.79. The third-order valence-electron chi connectivity index (χ3n) is 4.52. The lowest BCUT2D eigenvalue weighted by Gasteiger charge is -2.09. The standard InChI is InChI=1S/C24H25N3O3/c1-30-22-13-9-20(10-14-22)17-26-24(29)27-21-11-7-18(8-12-21)15-23(28)25-16-19-5-3-2-4-6-19/h2-14H,15-17H2,1H3,(H,25,28)(H2,26,27,29). The molecule has 6 nitrogen and oxygen atoms in total. The molecule has 6 heteroatoms. The minimum Gasteiger partial charge on any atom is -0.497 e. The van der Waals surface area contributed by atoms with E-state index in [4.69, 9.17) is 4.74 Å². The van der Waals surface area contributed by atoms with Gasteiger partial charge in [-0.25, -0.2) is 4.79 Å². The molecule has 0 radical (unpaired) electrons. The van der Waals surface area contributed by atoms with E-state index in [2.05, 4.69) is 16.0 Å². The molecule has 0 bridgehead atoms. The molecule has 0 aliphatic heterocycles. The number of amides is 3. The molecular weight excluding hydrogens is 378 g/mol. The molecule has 0 atom stereocenters. The Morgan fingerprint density at radius 1 is 0.733 bits per heavy atom. The maximum absolute atomic E-state index is 12.1. The van der Waals surface area contributed by atoms with Crippen LogP contribution in [-0.4, -0.2) is 19.0 Å². The fourth-order valence-corrected chi connectivity index (χ4v) is 2.85. The van der Waals surface area contributed by atoms with Crippen molar-refractivity contribution in [2.45, 2.75) is 19.5 Å². The number of hydrogen-bond acceptors (Lipinski definition) is 3. The van der Waals surface area contributed by atoms with E-state index in [-0.39, 0.29) is 18.4 Å². The minimum atomic E-state index is -0.292. The van der Waals surface area contributed by atoms with E-state index in [0.717, 1.165) is 22.4 Å². The van der Waals surface area contributed by atoms with Crippen molar-refractivity contribution in [2.75, 3.05) is 12.4 Å². The van der Waals surface area contributed by atoms with Gasteiger partial charge in [0, 0.05) is 18.8 Å². The van der Waals surface area contributed by atoms with Gasteiger partial charge in [-0.3, -0.25) is 4.79 Å². The molecule has 0 fully saturated rings. The van der Waals surface area contributed by atoms with Crippen LogP contribution in [-0.2, 0) is 24.3 Å². The molecule has 3 rings (SSSR count). The first-order chi connectivity index (χ1) is 14.6. The average Bonchev–Trinajstić information content (AvgIpc) is 2.79. The van der Waals surface area contributed by atoms with E-state index in [0.29, 0.717) is 18.8 Å². The van der Waals surface area contributed by atoms with Gasteiger partial charge in [-0.15, -0.1) is 0 Å². The summed E-state index contributed by atoms with van der Waals surface area (Å²) in [7, 11) is 1.61. The highest BCUT2D eigenvalue weighted by molar-refractivity contribution is 5.89.